The molecule has 140 valence electrons. The zero-order chi connectivity index (χ0) is 19.0. The molecule has 0 unspecified atom stereocenters. The molecule has 4 rings (SSSR count). The number of ether oxygens (including phenoxy) is 1. The summed E-state index contributed by atoms with van der Waals surface area (Å²) in [5.74, 6) is 0.447. The third-order valence-corrected chi connectivity index (χ3v) is 5.31. The molecule has 1 aliphatic rings. The Morgan fingerprint density at radius 2 is 2.30 bits per heavy atom. The van der Waals surface area contributed by atoms with Gasteiger partial charge in [-0.1, -0.05) is 0 Å². The van der Waals surface area contributed by atoms with E-state index in [1.807, 2.05) is 25.1 Å². The molecule has 1 saturated heterocycles. The number of hydrogen-bond acceptors (Lipinski definition) is 7. The molecule has 2 aromatic heterocycles. The third kappa shape index (κ3) is 3.50. The molecule has 0 bridgehead atoms. The standard InChI is InChI=1S/C18H18N4O4S/c1-10-17(23)19-5-6-22(10)18(24)14-8-26-16(21-14)9-25-12-3-4-15-13(7-12)20-11(2)27-15/h3-4,7-8,10H,5-6,9H2,1-2H3,(H,19,23)/t10-/m0/s1. The average Bonchev–Trinajstić information content (AvgIpc) is 3.27. The molecule has 0 saturated carbocycles. The normalized spacial score (nSPS) is 17.2. The van der Waals surface area contributed by atoms with E-state index in [0.717, 1.165) is 15.2 Å². The maximum atomic E-state index is 12.6. The van der Waals surface area contributed by atoms with Gasteiger partial charge in [-0.05, 0) is 26.0 Å². The quantitative estimate of drug-likeness (QED) is 0.738. The maximum absolute atomic E-state index is 12.6. The Morgan fingerprint density at radius 1 is 1.44 bits per heavy atom. The number of hydrogen-bond donors (Lipinski definition) is 1. The molecular formula is C18H18N4O4S. The molecule has 1 aromatic carbocycles. The van der Waals surface area contributed by atoms with Crippen molar-refractivity contribution in [2.75, 3.05) is 13.1 Å². The summed E-state index contributed by atoms with van der Waals surface area (Å²) in [6.45, 7) is 4.62. The van der Waals surface area contributed by atoms with E-state index in [0.29, 0.717) is 24.7 Å². The minimum Gasteiger partial charge on any atom is -0.484 e. The van der Waals surface area contributed by atoms with E-state index < -0.39 is 6.04 Å². The largest absolute Gasteiger partial charge is 0.484 e. The van der Waals surface area contributed by atoms with Crippen LogP contribution in [0.15, 0.2) is 28.9 Å². The van der Waals surface area contributed by atoms with E-state index in [9.17, 15) is 9.59 Å². The number of aryl methyl sites for hydroxylation is 1. The smallest absolute Gasteiger partial charge is 0.276 e. The highest BCUT2D eigenvalue weighted by Gasteiger charge is 2.31. The van der Waals surface area contributed by atoms with Gasteiger partial charge in [0.05, 0.1) is 15.2 Å². The van der Waals surface area contributed by atoms with Crippen LogP contribution in [0.2, 0.25) is 0 Å². The van der Waals surface area contributed by atoms with Gasteiger partial charge in [0.15, 0.2) is 12.3 Å². The van der Waals surface area contributed by atoms with Crippen molar-refractivity contribution in [3.05, 3.63) is 41.1 Å². The fourth-order valence-electron chi connectivity index (χ4n) is 2.94. The van der Waals surface area contributed by atoms with Crippen LogP contribution in [0.4, 0.5) is 0 Å². The van der Waals surface area contributed by atoms with Gasteiger partial charge in [0.25, 0.3) is 5.91 Å². The molecule has 0 aliphatic carbocycles. The first kappa shape index (κ1) is 17.5. The van der Waals surface area contributed by atoms with Gasteiger partial charge in [-0.3, -0.25) is 9.59 Å². The second-order valence-electron chi connectivity index (χ2n) is 6.24. The lowest BCUT2D eigenvalue weighted by molar-refractivity contribution is -0.127. The van der Waals surface area contributed by atoms with E-state index in [1.165, 1.54) is 11.2 Å². The number of oxazole rings is 1. The molecule has 2 amide bonds. The van der Waals surface area contributed by atoms with Crippen LogP contribution in [0.5, 0.6) is 5.75 Å². The number of rotatable bonds is 4. The SMILES string of the molecule is Cc1nc2cc(OCc3nc(C(=O)N4CCNC(=O)[C@@H]4C)co3)ccc2s1. The van der Waals surface area contributed by atoms with Crippen molar-refractivity contribution in [2.45, 2.75) is 26.5 Å². The fourth-order valence-corrected chi connectivity index (χ4v) is 3.75. The van der Waals surface area contributed by atoms with E-state index >= 15 is 0 Å². The fraction of sp³-hybridized carbons (Fsp3) is 0.333. The van der Waals surface area contributed by atoms with Crippen LogP contribution in [-0.4, -0.2) is 45.8 Å². The van der Waals surface area contributed by atoms with Crippen molar-refractivity contribution in [3.63, 3.8) is 0 Å². The van der Waals surface area contributed by atoms with Gasteiger partial charge >= 0.3 is 0 Å². The lowest BCUT2D eigenvalue weighted by atomic mass is 10.2. The number of amides is 2. The number of carbonyl (C=O) groups is 2. The summed E-state index contributed by atoms with van der Waals surface area (Å²) in [7, 11) is 0. The zero-order valence-electron chi connectivity index (χ0n) is 14.9. The van der Waals surface area contributed by atoms with Gasteiger partial charge in [-0.15, -0.1) is 11.3 Å². The molecule has 1 N–H and O–H groups in total. The number of piperazine rings is 1. The van der Waals surface area contributed by atoms with Crippen LogP contribution in [0.25, 0.3) is 10.2 Å². The highest BCUT2D eigenvalue weighted by atomic mass is 32.1. The van der Waals surface area contributed by atoms with Crippen molar-refractivity contribution in [1.29, 1.82) is 0 Å². The predicted octanol–water partition coefficient (Wildman–Crippen LogP) is 2.13. The minimum absolute atomic E-state index is 0.0952. The molecule has 1 fully saturated rings. The second-order valence-corrected chi connectivity index (χ2v) is 7.48. The number of nitrogens with one attached hydrogen (secondary N) is 1. The molecule has 0 spiro atoms. The molecule has 9 heteroatoms. The summed E-state index contributed by atoms with van der Waals surface area (Å²) in [5, 5.41) is 3.72. The van der Waals surface area contributed by atoms with Crippen LogP contribution in [-0.2, 0) is 11.4 Å². The highest BCUT2D eigenvalue weighted by Crippen LogP contribution is 2.26. The summed E-state index contributed by atoms with van der Waals surface area (Å²) in [6, 6.07) is 5.16. The molecule has 1 atom stereocenters. The zero-order valence-corrected chi connectivity index (χ0v) is 15.7. The second kappa shape index (κ2) is 6.99. The molecule has 0 radical (unpaired) electrons. The lowest BCUT2D eigenvalue weighted by Crippen LogP contribution is -2.55. The molecule has 1 aliphatic heterocycles. The van der Waals surface area contributed by atoms with Crippen LogP contribution in [0.3, 0.4) is 0 Å². The number of fused-ring (bicyclic) bond motifs is 1. The first-order chi connectivity index (χ1) is 13.0. The minimum atomic E-state index is -0.532. The van der Waals surface area contributed by atoms with Gasteiger partial charge in [-0.25, -0.2) is 9.97 Å². The summed E-state index contributed by atoms with van der Waals surface area (Å²) in [4.78, 5) is 34.4. The number of carbonyl (C=O) groups excluding carboxylic acids is 2. The number of thiazole rings is 1. The Balaban J connectivity index is 1.42. The Morgan fingerprint density at radius 3 is 3.15 bits per heavy atom. The van der Waals surface area contributed by atoms with E-state index in [1.54, 1.807) is 18.3 Å². The predicted molar refractivity (Wildman–Crippen MR) is 98.7 cm³/mol. The Bertz CT molecular complexity index is 1010. The van der Waals surface area contributed by atoms with Crippen molar-refractivity contribution in [1.82, 2.24) is 20.2 Å². The number of benzene rings is 1. The van der Waals surface area contributed by atoms with Crippen molar-refractivity contribution < 1.29 is 18.7 Å². The summed E-state index contributed by atoms with van der Waals surface area (Å²) in [5.41, 5.74) is 1.05. The molecule has 3 heterocycles. The topological polar surface area (TPSA) is 97.6 Å². The highest BCUT2D eigenvalue weighted by molar-refractivity contribution is 7.18. The number of aromatic nitrogens is 2. The average molecular weight is 386 g/mol. The van der Waals surface area contributed by atoms with Gasteiger partial charge in [-0.2, -0.15) is 0 Å². The third-order valence-electron chi connectivity index (χ3n) is 4.36. The van der Waals surface area contributed by atoms with E-state index in [-0.39, 0.29) is 24.1 Å². The monoisotopic (exact) mass is 386 g/mol. The summed E-state index contributed by atoms with van der Waals surface area (Å²) >= 11 is 1.63. The Labute approximate surface area is 159 Å². The van der Waals surface area contributed by atoms with Crippen LogP contribution < -0.4 is 10.1 Å². The van der Waals surface area contributed by atoms with Gasteiger partial charge < -0.3 is 19.4 Å². The Kier molecular flexibility index (Phi) is 4.53. The summed E-state index contributed by atoms with van der Waals surface area (Å²) < 4.78 is 12.2. The molecule has 8 nitrogen and oxygen atoms in total. The van der Waals surface area contributed by atoms with Crippen molar-refractivity contribution in [3.8, 4) is 5.75 Å². The maximum Gasteiger partial charge on any atom is 0.276 e. The number of nitrogens with zero attached hydrogens (tertiary/aromatic N) is 3. The summed E-state index contributed by atoms with van der Waals surface area (Å²) in [6.07, 6.45) is 1.30. The first-order valence-electron chi connectivity index (χ1n) is 8.54. The Hall–Kier alpha value is -2.94. The van der Waals surface area contributed by atoms with Gasteiger partial charge in [0.1, 0.15) is 18.1 Å². The molecular weight excluding hydrogens is 368 g/mol. The molecule has 3 aromatic rings. The van der Waals surface area contributed by atoms with Crippen LogP contribution in [0.1, 0.15) is 28.3 Å². The van der Waals surface area contributed by atoms with Crippen molar-refractivity contribution in [2.24, 2.45) is 0 Å². The van der Waals surface area contributed by atoms with E-state index in [4.69, 9.17) is 9.15 Å². The van der Waals surface area contributed by atoms with Crippen molar-refractivity contribution >= 4 is 33.4 Å². The van der Waals surface area contributed by atoms with Gasteiger partial charge in [0, 0.05) is 19.2 Å². The van der Waals surface area contributed by atoms with E-state index in [2.05, 4.69) is 15.3 Å². The first-order valence-corrected chi connectivity index (χ1v) is 9.36. The van der Waals surface area contributed by atoms with Gasteiger partial charge in [0.2, 0.25) is 11.8 Å². The van der Waals surface area contributed by atoms with Crippen LogP contribution in [0, 0.1) is 6.92 Å². The molecule has 27 heavy (non-hydrogen) atoms. The lowest BCUT2D eigenvalue weighted by Gasteiger charge is -2.32. The van der Waals surface area contributed by atoms with Crippen LogP contribution >= 0.6 is 11.3 Å².